The first-order valence-electron chi connectivity index (χ1n) is 4.82. The summed E-state index contributed by atoms with van der Waals surface area (Å²) in [6.07, 6.45) is 2.53. The molecule has 0 spiro atoms. The number of rotatable bonds is 5. The van der Waals surface area contributed by atoms with E-state index in [-0.39, 0.29) is 11.7 Å². The van der Waals surface area contributed by atoms with E-state index in [1.165, 1.54) is 24.5 Å². The van der Waals surface area contributed by atoms with Crippen LogP contribution in [0, 0.1) is 5.82 Å². The number of hydrazine groups is 1. The summed E-state index contributed by atoms with van der Waals surface area (Å²) in [4.78, 5) is 11.1. The van der Waals surface area contributed by atoms with Gasteiger partial charge in [-0.25, -0.2) is 4.39 Å². The van der Waals surface area contributed by atoms with Gasteiger partial charge < -0.3 is 4.74 Å². The summed E-state index contributed by atoms with van der Waals surface area (Å²) in [5.41, 5.74) is 5.40. The van der Waals surface area contributed by atoms with E-state index in [2.05, 4.69) is 10.9 Å². The van der Waals surface area contributed by atoms with Gasteiger partial charge >= 0.3 is 0 Å². The molecule has 0 saturated heterocycles. The lowest BCUT2D eigenvalue weighted by Crippen LogP contribution is -2.27. The molecule has 2 N–H and O–H groups in total. The van der Waals surface area contributed by atoms with Crippen molar-refractivity contribution in [2.45, 2.75) is 6.92 Å². The highest BCUT2D eigenvalue weighted by molar-refractivity contribution is 5.88. The molecule has 1 aromatic carbocycles. The summed E-state index contributed by atoms with van der Waals surface area (Å²) in [6, 6.07) is 5.77. The third-order valence-corrected chi connectivity index (χ3v) is 1.64. The lowest BCUT2D eigenvalue weighted by atomic mass is 10.3. The molecule has 0 aliphatic rings. The van der Waals surface area contributed by atoms with E-state index < -0.39 is 0 Å². The highest BCUT2D eigenvalue weighted by Gasteiger charge is 1.96. The number of anilines is 1. The van der Waals surface area contributed by atoms with Crippen LogP contribution >= 0.6 is 0 Å². The molecule has 0 bridgehead atoms. The number of carbonyl (C=O) groups is 1. The predicted octanol–water partition coefficient (Wildman–Crippen LogP) is 1.82. The van der Waals surface area contributed by atoms with Crippen LogP contribution in [0.4, 0.5) is 10.1 Å². The van der Waals surface area contributed by atoms with Crippen LogP contribution in [0.25, 0.3) is 0 Å². The van der Waals surface area contributed by atoms with E-state index in [9.17, 15) is 9.18 Å². The fourth-order valence-corrected chi connectivity index (χ4v) is 0.948. The van der Waals surface area contributed by atoms with Crippen molar-refractivity contribution in [2.24, 2.45) is 0 Å². The monoisotopic (exact) mass is 224 g/mol. The highest BCUT2D eigenvalue weighted by atomic mass is 19.1. The zero-order valence-corrected chi connectivity index (χ0v) is 8.87. The fourth-order valence-electron chi connectivity index (χ4n) is 0.948. The minimum absolute atomic E-state index is 0.371. The van der Waals surface area contributed by atoms with Crippen molar-refractivity contribution < 1.29 is 13.9 Å². The third-order valence-electron chi connectivity index (χ3n) is 1.64. The zero-order valence-electron chi connectivity index (χ0n) is 8.87. The maximum Gasteiger partial charge on any atom is 0.265 e. The summed E-state index contributed by atoms with van der Waals surface area (Å²) < 4.78 is 17.6. The van der Waals surface area contributed by atoms with E-state index in [4.69, 9.17) is 4.74 Å². The molecule has 0 saturated carbocycles. The van der Waals surface area contributed by atoms with Crippen LogP contribution in [0.3, 0.4) is 0 Å². The Labute approximate surface area is 93.1 Å². The van der Waals surface area contributed by atoms with Crippen molar-refractivity contribution in [3.63, 3.8) is 0 Å². The molecule has 0 atom stereocenters. The maximum atomic E-state index is 12.8. The Morgan fingerprint density at radius 3 is 3.06 bits per heavy atom. The molecule has 5 heteroatoms. The number of ether oxygens (including phenoxy) is 1. The molecule has 1 amide bonds. The molecule has 1 aromatic rings. The second kappa shape index (κ2) is 6.44. The summed E-state index contributed by atoms with van der Waals surface area (Å²) in [5, 5.41) is 0. The van der Waals surface area contributed by atoms with E-state index in [1.54, 1.807) is 12.1 Å². The number of carbonyl (C=O) groups excluding carboxylic acids is 1. The van der Waals surface area contributed by atoms with Gasteiger partial charge in [0.2, 0.25) is 0 Å². The molecular formula is C11H13FN2O2. The average Bonchev–Trinajstić information content (AvgIpc) is 2.27. The summed E-state index contributed by atoms with van der Waals surface area (Å²) in [5.74, 6) is -0.748. The van der Waals surface area contributed by atoms with E-state index in [0.29, 0.717) is 12.3 Å². The fraction of sp³-hybridized carbons (Fsp3) is 0.182. The summed E-state index contributed by atoms with van der Waals surface area (Å²) in [7, 11) is 0. The minimum atomic E-state index is -0.377. The topological polar surface area (TPSA) is 50.4 Å². The SMILES string of the molecule is CCO/C=C/C(=O)NNc1cccc(F)c1. The third kappa shape index (κ3) is 4.45. The molecule has 0 heterocycles. The van der Waals surface area contributed by atoms with Gasteiger partial charge in [0.05, 0.1) is 18.6 Å². The zero-order chi connectivity index (χ0) is 11.8. The van der Waals surface area contributed by atoms with Crippen LogP contribution in [0.1, 0.15) is 6.92 Å². The smallest absolute Gasteiger partial charge is 0.265 e. The van der Waals surface area contributed by atoms with Gasteiger partial charge in [-0.1, -0.05) is 6.07 Å². The Morgan fingerprint density at radius 1 is 1.56 bits per heavy atom. The standard InChI is InChI=1S/C11H13FN2O2/c1-2-16-7-6-11(15)14-13-10-5-3-4-9(12)8-10/h3-8,13H,2H2,1H3,(H,14,15)/b7-6+. The average molecular weight is 224 g/mol. The Kier molecular flexibility index (Phi) is 4.85. The number of hydrogen-bond donors (Lipinski definition) is 2. The molecule has 0 aliphatic heterocycles. The van der Waals surface area contributed by atoms with Crippen LogP contribution in [-0.2, 0) is 9.53 Å². The number of benzene rings is 1. The van der Waals surface area contributed by atoms with Gasteiger partial charge in [-0.05, 0) is 25.1 Å². The van der Waals surface area contributed by atoms with Crippen molar-refractivity contribution in [1.82, 2.24) is 5.43 Å². The van der Waals surface area contributed by atoms with Crippen molar-refractivity contribution in [3.8, 4) is 0 Å². The van der Waals surface area contributed by atoms with Crippen molar-refractivity contribution >= 4 is 11.6 Å². The molecule has 86 valence electrons. The minimum Gasteiger partial charge on any atom is -0.501 e. The Balaban J connectivity index is 2.37. The highest BCUT2D eigenvalue weighted by Crippen LogP contribution is 2.07. The molecular weight excluding hydrogens is 211 g/mol. The quantitative estimate of drug-likeness (QED) is 0.455. The Hall–Kier alpha value is -2.04. The largest absolute Gasteiger partial charge is 0.501 e. The molecule has 16 heavy (non-hydrogen) atoms. The number of hydrogen-bond acceptors (Lipinski definition) is 3. The lowest BCUT2D eigenvalue weighted by Gasteiger charge is -2.05. The first kappa shape index (κ1) is 12.0. The number of halogens is 1. The van der Waals surface area contributed by atoms with E-state index in [0.717, 1.165) is 0 Å². The summed E-state index contributed by atoms with van der Waals surface area (Å²) in [6.45, 7) is 2.31. The Morgan fingerprint density at radius 2 is 2.38 bits per heavy atom. The van der Waals surface area contributed by atoms with Gasteiger partial charge in [0.1, 0.15) is 5.82 Å². The lowest BCUT2D eigenvalue weighted by molar-refractivity contribution is -0.116. The van der Waals surface area contributed by atoms with Crippen molar-refractivity contribution in [2.75, 3.05) is 12.0 Å². The molecule has 4 nitrogen and oxygen atoms in total. The maximum absolute atomic E-state index is 12.8. The molecule has 0 unspecified atom stereocenters. The number of nitrogens with one attached hydrogen (secondary N) is 2. The van der Waals surface area contributed by atoms with E-state index in [1.807, 2.05) is 6.92 Å². The van der Waals surface area contributed by atoms with Gasteiger partial charge in [0.25, 0.3) is 5.91 Å². The van der Waals surface area contributed by atoms with E-state index >= 15 is 0 Å². The molecule has 1 rings (SSSR count). The van der Waals surface area contributed by atoms with Crippen LogP contribution in [-0.4, -0.2) is 12.5 Å². The second-order valence-electron chi connectivity index (χ2n) is 2.88. The Bertz CT molecular complexity index is 380. The summed E-state index contributed by atoms with van der Waals surface area (Å²) >= 11 is 0. The normalized spacial score (nSPS) is 10.1. The van der Waals surface area contributed by atoms with Crippen LogP contribution in [0.2, 0.25) is 0 Å². The molecule has 0 radical (unpaired) electrons. The van der Waals surface area contributed by atoms with Gasteiger partial charge in [-0.15, -0.1) is 0 Å². The molecule has 0 aromatic heterocycles. The van der Waals surface area contributed by atoms with Crippen molar-refractivity contribution in [1.29, 1.82) is 0 Å². The predicted molar refractivity (Wildman–Crippen MR) is 58.9 cm³/mol. The first-order chi connectivity index (χ1) is 7.72. The van der Waals surface area contributed by atoms with Gasteiger partial charge in [0, 0.05) is 6.08 Å². The van der Waals surface area contributed by atoms with Gasteiger partial charge in [0.15, 0.2) is 0 Å². The van der Waals surface area contributed by atoms with Crippen LogP contribution in [0.15, 0.2) is 36.6 Å². The number of amides is 1. The van der Waals surface area contributed by atoms with Crippen LogP contribution < -0.4 is 10.9 Å². The first-order valence-corrected chi connectivity index (χ1v) is 4.82. The molecule has 0 fully saturated rings. The molecule has 0 aliphatic carbocycles. The van der Waals surface area contributed by atoms with Crippen molar-refractivity contribution in [3.05, 3.63) is 42.4 Å². The van der Waals surface area contributed by atoms with Crippen LogP contribution in [0.5, 0.6) is 0 Å². The van der Waals surface area contributed by atoms with Gasteiger partial charge in [-0.2, -0.15) is 0 Å². The second-order valence-corrected chi connectivity index (χ2v) is 2.88. The van der Waals surface area contributed by atoms with Gasteiger partial charge in [-0.3, -0.25) is 15.6 Å².